The van der Waals surface area contributed by atoms with Crippen LogP contribution >= 0.6 is 11.8 Å². The molecule has 8 heteroatoms. The van der Waals surface area contributed by atoms with Crippen molar-refractivity contribution in [3.05, 3.63) is 71.9 Å². The van der Waals surface area contributed by atoms with Crippen LogP contribution in [0.3, 0.4) is 0 Å². The van der Waals surface area contributed by atoms with Gasteiger partial charge in [-0.15, -0.1) is 10.2 Å². The topological polar surface area (TPSA) is 87.1 Å². The molecule has 0 aliphatic heterocycles. The number of aromatic nitrogens is 4. The molecule has 4 aromatic rings. The van der Waals surface area contributed by atoms with Gasteiger partial charge in [-0.05, 0) is 24.6 Å². The van der Waals surface area contributed by atoms with Gasteiger partial charge in [0.1, 0.15) is 5.75 Å². The van der Waals surface area contributed by atoms with Crippen LogP contribution < -0.4 is 4.74 Å². The summed E-state index contributed by atoms with van der Waals surface area (Å²) in [6.45, 7) is 2.50. The van der Waals surface area contributed by atoms with Gasteiger partial charge in [0.15, 0.2) is 5.82 Å². The number of hydrogen-bond donors (Lipinski definition) is 0. The summed E-state index contributed by atoms with van der Waals surface area (Å²) in [5.41, 5.74) is 1.91. The summed E-state index contributed by atoms with van der Waals surface area (Å²) in [6, 6.07) is 17.6. The van der Waals surface area contributed by atoms with Gasteiger partial charge in [-0.3, -0.25) is 0 Å². The van der Waals surface area contributed by atoms with Gasteiger partial charge in [-0.25, -0.2) is 0 Å². The number of nitrogens with zero attached hydrogens (tertiary/aromatic N) is 4. The number of ether oxygens (including phenoxy) is 1. The van der Waals surface area contributed by atoms with Crippen LogP contribution in [0.15, 0.2) is 68.8 Å². The first-order valence-corrected chi connectivity index (χ1v) is 9.84. The first-order valence-electron chi connectivity index (χ1n) is 8.85. The van der Waals surface area contributed by atoms with Crippen molar-refractivity contribution < 1.29 is 13.7 Å². The molecular formula is C20H18N4O3S. The van der Waals surface area contributed by atoms with Crippen LogP contribution in [0.4, 0.5) is 0 Å². The molecule has 0 aliphatic rings. The molecule has 4 rings (SSSR count). The molecule has 28 heavy (non-hydrogen) atoms. The Morgan fingerprint density at radius 2 is 1.82 bits per heavy atom. The average Bonchev–Trinajstić information content (AvgIpc) is 3.37. The Kier molecular flexibility index (Phi) is 5.67. The lowest BCUT2D eigenvalue weighted by Crippen LogP contribution is -1.93. The van der Waals surface area contributed by atoms with Gasteiger partial charge in [-0.2, -0.15) is 4.98 Å². The van der Waals surface area contributed by atoms with Crippen LogP contribution in [0.25, 0.3) is 11.5 Å². The quantitative estimate of drug-likeness (QED) is 0.406. The molecule has 0 saturated heterocycles. The van der Waals surface area contributed by atoms with Gasteiger partial charge in [0.05, 0.1) is 17.9 Å². The molecule has 142 valence electrons. The summed E-state index contributed by atoms with van der Waals surface area (Å²) in [6.07, 6.45) is 0.633. The first-order chi connectivity index (χ1) is 13.8. The normalized spacial score (nSPS) is 10.9. The van der Waals surface area contributed by atoms with Gasteiger partial charge in [0.2, 0.25) is 5.89 Å². The number of thioether (sulfide) groups is 1. The molecule has 0 aliphatic carbocycles. The van der Waals surface area contributed by atoms with E-state index in [2.05, 4.69) is 20.3 Å². The fraction of sp³-hybridized carbons (Fsp3) is 0.200. The van der Waals surface area contributed by atoms with Gasteiger partial charge in [0, 0.05) is 6.42 Å². The lowest BCUT2D eigenvalue weighted by Gasteiger charge is -2.05. The highest BCUT2D eigenvalue weighted by molar-refractivity contribution is 7.98. The Morgan fingerprint density at radius 1 is 1.00 bits per heavy atom. The summed E-state index contributed by atoms with van der Waals surface area (Å²) in [5, 5.41) is 12.7. The summed E-state index contributed by atoms with van der Waals surface area (Å²) in [4.78, 5) is 4.42. The standard InChI is InChI=1S/C20H18N4O3S/c1-2-25-16-11-7-6-10-15(16)19-22-23-20(26-19)28-13-18-21-17(24-27-18)12-14-8-4-3-5-9-14/h3-11H,2,12-13H2,1H3. The summed E-state index contributed by atoms with van der Waals surface area (Å²) in [7, 11) is 0. The second-order valence-corrected chi connectivity index (χ2v) is 6.78. The molecule has 0 saturated carbocycles. The van der Waals surface area contributed by atoms with E-state index in [0.29, 0.717) is 47.4 Å². The van der Waals surface area contributed by atoms with Gasteiger partial charge in [0.25, 0.3) is 11.1 Å². The van der Waals surface area contributed by atoms with Crippen molar-refractivity contribution in [2.45, 2.75) is 24.3 Å². The Morgan fingerprint density at radius 3 is 2.68 bits per heavy atom. The van der Waals surface area contributed by atoms with E-state index >= 15 is 0 Å². The Balaban J connectivity index is 1.39. The third-order valence-corrected chi connectivity index (χ3v) is 4.66. The Hall–Kier alpha value is -3.13. The second-order valence-electron chi connectivity index (χ2n) is 5.86. The maximum Gasteiger partial charge on any atom is 0.277 e. The van der Waals surface area contributed by atoms with E-state index in [1.165, 1.54) is 11.8 Å². The number of hydrogen-bond acceptors (Lipinski definition) is 8. The maximum absolute atomic E-state index is 5.75. The summed E-state index contributed by atoms with van der Waals surface area (Å²) >= 11 is 1.35. The number of benzene rings is 2. The molecule has 0 radical (unpaired) electrons. The minimum absolute atomic E-state index is 0.418. The lowest BCUT2D eigenvalue weighted by atomic mass is 10.1. The third kappa shape index (κ3) is 4.40. The summed E-state index contributed by atoms with van der Waals surface area (Å²) < 4.78 is 16.7. The van der Waals surface area contributed by atoms with Crippen molar-refractivity contribution >= 4 is 11.8 Å². The molecule has 7 nitrogen and oxygen atoms in total. The minimum atomic E-state index is 0.418. The van der Waals surface area contributed by atoms with Crippen molar-refractivity contribution in [2.75, 3.05) is 6.61 Å². The highest BCUT2D eigenvalue weighted by atomic mass is 32.2. The zero-order valence-corrected chi connectivity index (χ0v) is 16.1. The fourth-order valence-corrected chi connectivity index (χ4v) is 3.22. The molecule has 0 unspecified atom stereocenters. The molecule has 0 N–H and O–H groups in total. The smallest absolute Gasteiger partial charge is 0.277 e. The molecular weight excluding hydrogens is 376 g/mol. The molecule has 2 aromatic heterocycles. The Labute approximate surface area is 166 Å². The zero-order valence-electron chi connectivity index (χ0n) is 15.2. The van der Waals surface area contributed by atoms with Gasteiger partial charge < -0.3 is 13.7 Å². The minimum Gasteiger partial charge on any atom is -0.493 e. The van der Waals surface area contributed by atoms with E-state index in [4.69, 9.17) is 13.7 Å². The van der Waals surface area contributed by atoms with Crippen LogP contribution in [0.2, 0.25) is 0 Å². The summed E-state index contributed by atoms with van der Waals surface area (Å²) in [5.74, 6) is 2.76. The molecule has 0 atom stereocenters. The first kappa shape index (κ1) is 18.2. The van der Waals surface area contributed by atoms with Crippen molar-refractivity contribution in [3.63, 3.8) is 0 Å². The van der Waals surface area contributed by atoms with Crippen LogP contribution in [-0.2, 0) is 12.2 Å². The third-order valence-electron chi connectivity index (χ3n) is 3.86. The van der Waals surface area contributed by atoms with Gasteiger partial charge in [-0.1, -0.05) is 59.4 Å². The van der Waals surface area contributed by atoms with Crippen molar-refractivity contribution in [2.24, 2.45) is 0 Å². The fourth-order valence-electron chi connectivity index (χ4n) is 2.62. The van der Waals surface area contributed by atoms with Crippen molar-refractivity contribution in [3.8, 4) is 17.2 Å². The van der Waals surface area contributed by atoms with E-state index < -0.39 is 0 Å². The highest BCUT2D eigenvalue weighted by Gasteiger charge is 2.15. The maximum atomic E-state index is 5.75. The van der Waals surface area contributed by atoms with E-state index in [0.717, 1.165) is 11.1 Å². The van der Waals surface area contributed by atoms with E-state index in [1.807, 2.05) is 61.5 Å². The molecule has 2 heterocycles. The Bertz CT molecular complexity index is 1030. The number of para-hydroxylation sites is 1. The molecule has 0 fully saturated rings. The van der Waals surface area contributed by atoms with Crippen LogP contribution in [0.1, 0.15) is 24.2 Å². The van der Waals surface area contributed by atoms with E-state index in [9.17, 15) is 0 Å². The van der Waals surface area contributed by atoms with Crippen molar-refractivity contribution in [1.82, 2.24) is 20.3 Å². The SMILES string of the molecule is CCOc1ccccc1-c1nnc(SCc2nc(Cc3ccccc3)no2)o1. The van der Waals surface area contributed by atoms with Crippen molar-refractivity contribution in [1.29, 1.82) is 0 Å². The predicted octanol–water partition coefficient (Wildman–Crippen LogP) is 4.40. The average molecular weight is 394 g/mol. The van der Waals surface area contributed by atoms with Crippen LogP contribution in [0.5, 0.6) is 5.75 Å². The zero-order chi connectivity index (χ0) is 19.2. The monoisotopic (exact) mass is 394 g/mol. The largest absolute Gasteiger partial charge is 0.493 e. The molecule has 0 spiro atoms. The van der Waals surface area contributed by atoms with E-state index in [-0.39, 0.29) is 0 Å². The van der Waals surface area contributed by atoms with Gasteiger partial charge >= 0.3 is 0 Å². The van der Waals surface area contributed by atoms with Crippen LogP contribution in [0, 0.1) is 0 Å². The molecule has 0 bridgehead atoms. The second kappa shape index (κ2) is 8.71. The van der Waals surface area contributed by atoms with E-state index in [1.54, 1.807) is 0 Å². The number of rotatable bonds is 8. The molecule has 2 aromatic carbocycles. The molecule has 0 amide bonds. The highest BCUT2D eigenvalue weighted by Crippen LogP contribution is 2.31. The van der Waals surface area contributed by atoms with Crippen LogP contribution in [-0.4, -0.2) is 26.9 Å². The lowest BCUT2D eigenvalue weighted by molar-refractivity contribution is 0.340. The predicted molar refractivity (Wildman–Crippen MR) is 104 cm³/mol.